The maximum absolute atomic E-state index is 10.3. The fourth-order valence-electron chi connectivity index (χ4n) is 1.53. The Morgan fingerprint density at radius 2 is 1.79 bits per heavy atom. The lowest BCUT2D eigenvalue weighted by Crippen LogP contribution is -1.92. The van der Waals surface area contributed by atoms with Crippen molar-refractivity contribution in [2.75, 3.05) is 5.75 Å². The fraction of sp³-hybridized carbons (Fsp3) is 0.400. The summed E-state index contributed by atoms with van der Waals surface area (Å²) in [5, 5.41) is 9.25. The van der Waals surface area contributed by atoms with E-state index in [9.17, 15) is 4.79 Å². The van der Waals surface area contributed by atoms with Crippen LogP contribution in [0.3, 0.4) is 0 Å². The largest absolute Gasteiger partial charge is 0.481 e. The number of hydrogen-bond acceptors (Lipinski definition) is 2. The molecule has 0 saturated heterocycles. The lowest BCUT2D eigenvalue weighted by Gasteiger charge is -2.00. The predicted molar refractivity (Wildman–Crippen MR) is 82.0 cm³/mol. The number of allylic oxidation sites excluding steroid dienone is 2. The molecule has 0 bridgehead atoms. The highest BCUT2D eigenvalue weighted by Crippen LogP contribution is 2.21. The maximum Gasteiger partial charge on any atom is 0.303 e. The average Bonchev–Trinajstić information content (AvgIpc) is 2.38. The number of thioether (sulfide) groups is 1. The monoisotopic (exact) mass is 298 g/mol. The molecule has 2 nitrogen and oxygen atoms in total. The number of carboxylic acids is 1. The zero-order valence-electron chi connectivity index (χ0n) is 10.8. The van der Waals surface area contributed by atoms with Gasteiger partial charge in [-0.2, -0.15) is 0 Å². The molecule has 1 aromatic rings. The molecular weight excluding hydrogens is 280 g/mol. The molecule has 0 aliphatic rings. The van der Waals surface area contributed by atoms with Crippen molar-refractivity contribution in [3.8, 4) is 0 Å². The Balaban J connectivity index is 2.00. The Hall–Kier alpha value is -0.930. The van der Waals surface area contributed by atoms with E-state index < -0.39 is 5.97 Å². The molecule has 1 N–H and O–H groups in total. The summed E-state index contributed by atoms with van der Waals surface area (Å²) in [6, 6.07) is 7.89. The van der Waals surface area contributed by atoms with Crippen molar-refractivity contribution in [1.82, 2.24) is 0 Å². The van der Waals surface area contributed by atoms with E-state index in [2.05, 4.69) is 12.2 Å². The van der Waals surface area contributed by atoms with Gasteiger partial charge in [-0.1, -0.05) is 23.8 Å². The van der Waals surface area contributed by atoms with Gasteiger partial charge in [0, 0.05) is 16.3 Å². The topological polar surface area (TPSA) is 37.3 Å². The molecule has 0 aromatic heterocycles. The molecule has 0 saturated carbocycles. The van der Waals surface area contributed by atoms with Crippen molar-refractivity contribution in [1.29, 1.82) is 0 Å². The van der Waals surface area contributed by atoms with E-state index in [0.29, 0.717) is 0 Å². The van der Waals surface area contributed by atoms with Crippen LogP contribution in [-0.4, -0.2) is 16.8 Å². The van der Waals surface area contributed by atoms with Gasteiger partial charge in [-0.15, -0.1) is 11.8 Å². The average molecular weight is 299 g/mol. The van der Waals surface area contributed by atoms with Gasteiger partial charge in [0.1, 0.15) is 0 Å². The smallest absolute Gasteiger partial charge is 0.303 e. The Morgan fingerprint density at radius 1 is 1.16 bits per heavy atom. The molecular formula is C15H19ClO2S. The first-order chi connectivity index (χ1) is 9.18. The number of hydrogen-bond donors (Lipinski definition) is 1. The standard InChI is InChI=1S/C15H19ClO2S/c16-13-8-10-14(11-9-13)19-12-6-4-2-1-3-5-7-15(17)18/h1-2,8-11H,3-7,12H2,(H,17,18)/b2-1-. The van der Waals surface area contributed by atoms with Gasteiger partial charge in [0.15, 0.2) is 0 Å². The quantitative estimate of drug-likeness (QED) is 0.395. The van der Waals surface area contributed by atoms with Crippen molar-refractivity contribution in [2.24, 2.45) is 0 Å². The third-order valence-corrected chi connectivity index (χ3v) is 3.88. The molecule has 104 valence electrons. The lowest BCUT2D eigenvalue weighted by molar-refractivity contribution is -0.137. The molecule has 1 aromatic carbocycles. The number of unbranched alkanes of at least 4 members (excludes halogenated alkanes) is 2. The first-order valence-electron chi connectivity index (χ1n) is 6.43. The van der Waals surface area contributed by atoms with Crippen LogP contribution in [0.5, 0.6) is 0 Å². The minimum Gasteiger partial charge on any atom is -0.481 e. The molecule has 0 aliphatic carbocycles. The summed E-state index contributed by atoms with van der Waals surface area (Å²) in [5.74, 6) is 0.369. The molecule has 1 rings (SSSR count). The second-order valence-electron chi connectivity index (χ2n) is 4.20. The predicted octanol–water partition coefficient (Wildman–Crippen LogP) is 5.02. The molecule has 0 unspecified atom stereocenters. The van der Waals surface area contributed by atoms with E-state index in [4.69, 9.17) is 16.7 Å². The summed E-state index contributed by atoms with van der Waals surface area (Å²) in [5.41, 5.74) is 0. The van der Waals surface area contributed by atoms with Crippen LogP contribution in [0.4, 0.5) is 0 Å². The van der Waals surface area contributed by atoms with Gasteiger partial charge in [-0.3, -0.25) is 4.79 Å². The summed E-state index contributed by atoms with van der Waals surface area (Å²) in [7, 11) is 0. The van der Waals surface area contributed by atoms with E-state index in [1.54, 1.807) is 0 Å². The number of halogens is 1. The van der Waals surface area contributed by atoms with E-state index in [-0.39, 0.29) is 6.42 Å². The van der Waals surface area contributed by atoms with Crippen LogP contribution in [0.25, 0.3) is 0 Å². The van der Waals surface area contributed by atoms with Crippen LogP contribution in [0.15, 0.2) is 41.3 Å². The summed E-state index contributed by atoms with van der Waals surface area (Å²) in [4.78, 5) is 11.5. The van der Waals surface area contributed by atoms with Crippen molar-refractivity contribution in [3.63, 3.8) is 0 Å². The molecule has 0 radical (unpaired) electrons. The third-order valence-electron chi connectivity index (χ3n) is 2.53. The zero-order chi connectivity index (χ0) is 13.9. The molecule has 0 atom stereocenters. The highest BCUT2D eigenvalue weighted by atomic mass is 35.5. The van der Waals surface area contributed by atoms with E-state index in [0.717, 1.165) is 36.5 Å². The van der Waals surface area contributed by atoms with Gasteiger partial charge in [0.25, 0.3) is 0 Å². The Kier molecular flexibility index (Phi) is 8.43. The van der Waals surface area contributed by atoms with Gasteiger partial charge in [-0.25, -0.2) is 0 Å². The van der Waals surface area contributed by atoms with Crippen LogP contribution in [0.2, 0.25) is 5.02 Å². The SMILES string of the molecule is O=C(O)CCC/C=C\CCCSc1ccc(Cl)cc1. The number of carboxylic acid groups (broad SMARTS) is 1. The number of benzene rings is 1. The van der Waals surface area contributed by atoms with Crippen molar-refractivity contribution in [3.05, 3.63) is 41.4 Å². The molecule has 0 aliphatic heterocycles. The lowest BCUT2D eigenvalue weighted by atomic mass is 10.2. The van der Waals surface area contributed by atoms with Gasteiger partial charge in [0.05, 0.1) is 0 Å². The van der Waals surface area contributed by atoms with Gasteiger partial charge < -0.3 is 5.11 Å². The van der Waals surface area contributed by atoms with Gasteiger partial charge in [-0.05, 0) is 55.7 Å². The van der Waals surface area contributed by atoms with Crippen molar-refractivity contribution < 1.29 is 9.90 Å². The van der Waals surface area contributed by atoms with Crippen LogP contribution >= 0.6 is 23.4 Å². The Labute approximate surface area is 123 Å². The molecule has 0 spiro atoms. The van der Waals surface area contributed by atoms with Crippen LogP contribution in [-0.2, 0) is 4.79 Å². The molecule has 0 fully saturated rings. The first kappa shape index (κ1) is 16.1. The number of carbonyl (C=O) groups is 1. The first-order valence-corrected chi connectivity index (χ1v) is 7.80. The highest BCUT2D eigenvalue weighted by molar-refractivity contribution is 7.99. The van der Waals surface area contributed by atoms with E-state index in [1.807, 2.05) is 36.0 Å². The molecule has 19 heavy (non-hydrogen) atoms. The maximum atomic E-state index is 10.3. The summed E-state index contributed by atoms with van der Waals surface area (Å²) in [6.45, 7) is 0. The van der Waals surface area contributed by atoms with E-state index >= 15 is 0 Å². The van der Waals surface area contributed by atoms with Crippen LogP contribution in [0, 0.1) is 0 Å². The molecule has 0 amide bonds. The fourth-order valence-corrected chi connectivity index (χ4v) is 2.53. The zero-order valence-corrected chi connectivity index (χ0v) is 12.4. The second kappa shape index (κ2) is 9.93. The summed E-state index contributed by atoms with van der Waals surface area (Å²) in [6.07, 6.45) is 8.25. The molecule has 0 heterocycles. The molecule has 4 heteroatoms. The normalized spacial score (nSPS) is 11.0. The summed E-state index contributed by atoms with van der Waals surface area (Å²) >= 11 is 7.65. The minimum absolute atomic E-state index is 0.261. The highest BCUT2D eigenvalue weighted by Gasteiger charge is 1.94. The number of aliphatic carboxylic acids is 1. The van der Waals surface area contributed by atoms with Gasteiger partial charge >= 0.3 is 5.97 Å². The van der Waals surface area contributed by atoms with Crippen molar-refractivity contribution in [2.45, 2.75) is 37.0 Å². The second-order valence-corrected chi connectivity index (χ2v) is 5.81. The Bertz CT molecular complexity index is 401. The third kappa shape index (κ3) is 8.73. The summed E-state index contributed by atoms with van der Waals surface area (Å²) < 4.78 is 0. The minimum atomic E-state index is -0.715. The number of rotatable bonds is 9. The van der Waals surface area contributed by atoms with E-state index in [1.165, 1.54) is 4.90 Å². The Morgan fingerprint density at radius 3 is 2.42 bits per heavy atom. The van der Waals surface area contributed by atoms with Crippen molar-refractivity contribution >= 4 is 29.3 Å². The van der Waals surface area contributed by atoms with Crippen LogP contribution in [0.1, 0.15) is 32.1 Å². The van der Waals surface area contributed by atoms with Gasteiger partial charge in [0.2, 0.25) is 0 Å². The van der Waals surface area contributed by atoms with Crippen LogP contribution < -0.4 is 0 Å².